The zero-order chi connectivity index (χ0) is 22.3. The molecule has 2 aliphatic heterocycles. The van der Waals surface area contributed by atoms with Crippen molar-refractivity contribution < 1.29 is 19.2 Å². The largest absolute Gasteiger partial charge is 0.366 e. The summed E-state index contributed by atoms with van der Waals surface area (Å²) in [6.07, 6.45) is 1.54. The van der Waals surface area contributed by atoms with Crippen LogP contribution in [0.15, 0.2) is 60.3 Å². The molecule has 2 aromatic rings. The van der Waals surface area contributed by atoms with Crippen LogP contribution in [0.3, 0.4) is 0 Å². The fourth-order valence-corrected chi connectivity index (χ4v) is 3.87. The maximum atomic E-state index is 13.1. The number of amides is 4. The molecule has 2 unspecified atom stereocenters. The minimum absolute atomic E-state index is 0.122. The summed E-state index contributed by atoms with van der Waals surface area (Å²) in [5, 5.41) is 5.98. The van der Waals surface area contributed by atoms with E-state index in [9.17, 15) is 19.2 Å². The number of Topliss-reactive ketones (excluding diaryl/α,β-unsaturated/α-hetero) is 1. The standard InChI is InChI=1S/C22H19ClN4O4/c1-12(28)13-4-3-5-15(10-13)24-20(29)17-11-26(2)19-18(17)25-22(31)27(21(19)30)16-8-6-14(23)7-9-16/h3-11,18-19H,1-2H3,(H,24,29)(H,25,31). The number of nitrogens with one attached hydrogen (secondary N) is 2. The average Bonchev–Trinajstić information content (AvgIpc) is 3.06. The van der Waals surface area contributed by atoms with Gasteiger partial charge in [-0.25, -0.2) is 9.69 Å². The number of urea groups is 1. The molecule has 31 heavy (non-hydrogen) atoms. The molecule has 9 heteroatoms. The third-order valence-corrected chi connectivity index (χ3v) is 5.51. The molecule has 158 valence electrons. The second-order valence-electron chi connectivity index (χ2n) is 7.36. The first-order chi connectivity index (χ1) is 14.8. The fourth-order valence-electron chi connectivity index (χ4n) is 3.74. The van der Waals surface area contributed by atoms with E-state index in [1.54, 1.807) is 66.7 Å². The normalized spacial score (nSPS) is 20.2. The van der Waals surface area contributed by atoms with Crippen molar-refractivity contribution in [2.45, 2.75) is 19.0 Å². The number of hydrogen-bond acceptors (Lipinski definition) is 5. The molecule has 0 spiro atoms. The minimum Gasteiger partial charge on any atom is -0.366 e. The Morgan fingerprint density at radius 1 is 1.10 bits per heavy atom. The number of likely N-dealkylation sites (N-methyl/N-ethyl adjacent to an activating group) is 1. The molecule has 8 nitrogen and oxygen atoms in total. The van der Waals surface area contributed by atoms with Gasteiger partial charge in [-0.3, -0.25) is 14.4 Å². The Hall–Kier alpha value is -3.65. The van der Waals surface area contributed by atoms with Crippen molar-refractivity contribution in [2.24, 2.45) is 0 Å². The molecular formula is C22H19ClN4O4. The third kappa shape index (κ3) is 3.77. The van der Waals surface area contributed by atoms with Crippen LogP contribution in [0.2, 0.25) is 5.02 Å². The van der Waals surface area contributed by atoms with Crippen LogP contribution in [0.25, 0.3) is 0 Å². The first-order valence-corrected chi connectivity index (χ1v) is 9.90. The molecule has 1 saturated heterocycles. The molecule has 2 atom stereocenters. The lowest BCUT2D eigenvalue weighted by atomic mass is 9.99. The van der Waals surface area contributed by atoms with E-state index in [-0.39, 0.29) is 11.4 Å². The second-order valence-corrected chi connectivity index (χ2v) is 7.80. The molecule has 0 aromatic heterocycles. The van der Waals surface area contributed by atoms with Gasteiger partial charge in [0.05, 0.1) is 17.3 Å². The molecule has 2 aromatic carbocycles. The monoisotopic (exact) mass is 438 g/mol. The molecule has 4 amide bonds. The van der Waals surface area contributed by atoms with Crippen LogP contribution in [-0.4, -0.2) is 47.7 Å². The van der Waals surface area contributed by atoms with Gasteiger partial charge in [0.25, 0.3) is 11.8 Å². The summed E-state index contributed by atoms with van der Waals surface area (Å²) >= 11 is 5.90. The lowest BCUT2D eigenvalue weighted by Crippen LogP contribution is -2.65. The molecular weight excluding hydrogens is 420 g/mol. The Morgan fingerprint density at radius 2 is 1.81 bits per heavy atom. The van der Waals surface area contributed by atoms with E-state index in [2.05, 4.69) is 10.6 Å². The highest BCUT2D eigenvalue weighted by Gasteiger charge is 2.49. The molecule has 0 saturated carbocycles. The van der Waals surface area contributed by atoms with Crippen molar-refractivity contribution in [3.05, 3.63) is 70.9 Å². The van der Waals surface area contributed by atoms with Crippen molar-refractivity contribution >= 4 is 46.6 Å². The van der Waals surface area contributed by atoms with Crippen LogP contribution in [0, 0.1) is 0 Å². The van der Waals surface area contributed by atoms with Gasteiger partial charge in [-0.05, 0) is 43.3 Å². The lowest BCUT2D eigenvalue weighted by molar-refractivity contribution is -0.122. The highest BCUT2D eigenvalue weighted by Crippen LogP contribution is 2.30. The van der Waals surface area contributed by atoms with Crippen molar-refractivity contribution in [2.75, 3.05) is 17.3 Å². The summed E-state index contributed by atoms with van der Waals surface area (Å²) in [6.45, 7) is 1.44. The van der Waals surface area contributed by atoms with E-state index in [4.69, 9.17) is 11.6 Å². The van der Waals surface area contributed by atoms with Crippen LogP contribution in [0.1, 0.15) is 17.3 Å². The molecule has 0 radical (unpaired) electrons. The van der Waals surface area contributed by atoms with E-state index in [0.717, 1.165) is 4.90 Å². The second kappa shape index (κ2) is 7.88. The van der Waals surface area contributed by atoms with Crippen LogP contribution >= 0.6 is 11.6 Å². The number of nitrogens with zero attached hydrogens (tertiary/aromatic N) is 2. The maximum absolute atomic E-state index is 13.1. The number of imide groups is 1. The van der Waals surface area contributed by atoms with Crippen molar-refractivity contribution in [3.8, 4) is 0 Å². The maximum Gasteiger partial charge on any atom is 0.329 e. The van der Waals surface area contributed by atoms with Crippen LogP contribution in [-0.2, 0) is 9.59 Å². The summed E-state index contributed by atoms with van der Waals surface area (Å²) < 4.78 is 0. The molecule has 4 rings (SSSR count). The fraction of sp³-hybridized carbons (Fsp3) is 0.182. The first kappa shape index (κ1) is 20.6. The number of ketones is 1. The van der Waals surface area contributed by atoms with Gasteiger partial charge in [-0.2, -0.15) is 0 Å². The highest BCUT2D eigenvalue weighted by atomic mass is 35.5. The topological polar surface area (TPSA) is 98.8 Å². The number of anilines is 2. The van der Waals surface area contributed by atoms with E-state index < -0.39 is 29.9 Å². The quantitative estimate of drug-likeness (QED) is 0.715. The summed E-state index contributed by atoms with van der Waals surface area (Å²) in [4.78, 5) is 53.0. The van der Waals surface area contributed by atoms with Gasteiger partial charge in [0.2, 0.25) is 0 Å². The molecule has 2 aliphatic rings. The van der Waals surface area contributed by atoms with E-state index in [1.165, 1.54) is 6.92 Å². The number of halogens is 1. The Morgan fingerprint density at radius 3 is 2.48 bits per heavy atom. The zero-order valence-corrected chi connectivity index (χ0v) is 17.5. The Bertz CT molecular complexity index is 1130. The van der Waals surface area contributed by atoms with Crippen LogP contribution in [0.4, 0.5) is 16.2 Å². The number of rotatable bonds is 4. The highest BCUT2D eigenvalue weighted by molar-refractivity contribution is 6.30. The number of benzene rings is 2. The lowest BCUT2D eigenvalue weighted by Gasteiger charge is -2.37. The predicted molar refractivity (Wildman–Crippen MR) is 116 cm³/mol. The summed E-state index contributed by atoms with van der Waals surface area (Å²) in [6, 6.07) is 10.7. The number of carbonyl (C=O) groups excluding carboxylic acids is 4. The summed E-state index contributed by atoms with van der Waals surface area (Å²) in [5.41, 5.74) is 1.55. The van der Waals surface area contributed by atoms with E-state index >= 15 is 0 Å². The molecule has 2 N–H and O–H groups in total. The van der Waals surface area contributed by atoms with Crippen molar-refractivity contribution in [3.63, 3.8) is 0 Å². The minimum atomic E-state index is -0.801. The zero-order valence-electron chi connectivity index (χ0n) is 16.8. The number of fused-ring (bicyclic) bond motifs is 1. The summed E-state index contributed by atoms with van der Waals surface area (Å²) in [7, 11) is 1.67. The SMILES string of the molecule is CC(=O)c1cccc(NC(=O)C2=CN(C)C3C(=O)N(c4ccc(Cl)cc4)C(=O)NC23)c1. The van der Waals surface area contributed by atoms with Crippen LogP contribution in [0.5, 0.6) is 0 Å². The van der Waals surface area contributed by atoms with Gasteiger partial charge in [0.1, 0.15) is 6.04 Å². The smallest absolute Gasteiger partial charge is 0.329 e. The molecule has 0 bridgehead atoms. The van der Waals surface area contributed by atoms with Crippen molar-refractivity contribution in [1.29, 1.82) is 0 Å². The van der Waals surface area contributed by atoms with Gasteiger partial charge in [0.15, 0.2) is 5.78 Å². The van der Waals surface area contributed by atoms with Gasteiger partial charge < -0.3 is 15.5 Å². The van der Waals surface area contributed by atoms with Gasteiger partial charge in [-0.15, -0.1) is 0 Å². The predicted octanol–water partition coefficient (Wildman–Crippen LogP) is 2.80. The number of carbonyl (C=O) groups is 4. The van der Waals surface area contributed by atoms with Crippen LogP contribution < -0.4 is 15.5 Å². The van der Waals surface area contributed by atoms with E-state index in [1.807, 2.05) is 0 Å². The third-order valence-electron chi connectivity index (χ3n) is 5.26. The molecule has 1 fully saturated rings. The number of hydrogen-bond donors (Lipinski definition) is 2. The first-order valence-electron chi connectivity index (χ1n) is 9.52. The van der Waals surface area contributed by atoms with E-state index in [0.29, 0.717) is 22.0 Å². The Labute approximate surface area is 183 Å². The molecule has 0 aliphatic carbocycles. The molecule has 2 heterocycles. The van der Waals surface area contributed by atoms with Gasteiger partial charge >= 0.3 is 6.03 Å². The van der Waals surface area contributed by atoms with Gasteiger partial charge in [-0.1, -0.05) is 23.7 Å². The Kier molecular flexibility index (Phi) is 5.24. The Balaban J connectivity index is 1.56. The van der Waals surface area contributed by atoms with Crippen molar-refractivity contribution in [1.82, 2.24) is 10.2 Å². The van der Waals surface area contributed by atoms with Gasteiger partial charge in [0, 0.05) is 29.5 Å². The average molecular weight is 439 g/mol. The summed E-state index contributed by atoms with van der Waals surface area (Å²) in [5.74, 6) is -1.03.